The molecule has 0 bridgehead atoms. The van der Waals surface area contributed by atoms with Gasteiger partial charge in [0.05, 0.1) is 0 Å². The van der Waals surface area contributed by atoms with Crippen molar-refractivity contribution < 1.29 is 0 Å². The van der Waals surface area contributed by atoms with Crippen LogP contribution in [-0.2, 0) is 6.42 Å². The molecule has 1 rings (SSSR count). The summed E-state index contributed by atoms with van der Waals surface area (Å²) in [7, 11) is 0. The van der Waals surface area contributed by atoms with E-state index in [0.717, 1.165) is 32.0 Å². The molecule has 0 aliphatic heterocycles. The number of nitrogens with one attached hydrogen (secondary N) is 1. The summed E-state index contributed by atoms with van der Waals surface area (Å²) < 4.78 is 0. The second-order valence-electron chi connectivity index (χ2n) is 5.95. The van der Waals surface area contributed by atoms with Gasteiger partial charge >= 0.3 is 0 Å². The summed E-state index contributed by atoms with van der Waals surface area (Å²) in [6.07, 6.45) is 1.11. The average molecular weight is 276 g/mol. The highest BCUT2D eigenvalue weighted by atomic mass is 15.1. The Morgan fingerprint density at radius 3 is 2.10 bits per heavy atom. The van der Waals surface area contributed by atoms with Gasteiger partial charge in [0.25, 0.3) is 0 Å². The lowest BCUT2D eigenvalue weighted by Crippen LogP contribution is -2.37. The molecule has 0 aromatic heterocycles. The zero-order chi connectivity index (χ0) is 15.0. The summed E-state index contributed by atoms with van der Waals surface area (Å²) in [6.45, 7) is 15.6. The first-order valence-corrected chi connectivity index (χ1v) is 8.15. The van der Waals surface area contributed by atoms with Crippen molar-refractivity contribution in [2.24, 2.45) is 5.92 Å². The average Bonchev–Trinajstić information content (AvgIpc) is 2.45. The number of hydrogen-bond donors (Lipinski definition) is 1. The van der Waals surface area contributed by atoms with Crippen molar-refractivity contribution >= 4 is 0 Å². The molecule has 2 nitrogen and oxygen atoms in total. The van der Waals surface area contributed by atoms with Gasteiger partial charge < -0.3 is 10.2 Å². The van der Waals surface area contributed by atoms with Crippen molar-refractivity contribution in [3.05, 3.63) is 35.4 Å². The summed E-state index contributed by atoms with van der Waals surface area (Å²) in [5, 5.41) is 3.63. The zero-order valence-electron chi connectivity index (χ0n) is 13.9. The van der Waals surface area contributed by atoms with Crippen molar-refractivity contribution in [2.45, 2.75) is 47.1 Å². The smallest absolute Gasteiger partial charge is 0.0449 e. The van der Waals surface area contributed by atoms with E-state index in [0.29, 0.717) is 6.04 Å². The molecular weight excluding hydrogens is 244 g/mol. The quantitative estimate of drug-likeness (QED) is 0.736. The first-order chi connectivity index (χ1) is 9.60. The molecule has 0 aliphatic carbocycles. The molecule has 0 saturated heterocycles. The van der Waals surface area contributed by atoms with Gasteiger partial charge in [-0.1, -0.05) is 58.9 Å². The largest absolute Gasteiger partial charge is 0.309 e. The molecule has 0 radical (unpaired) electrons. The predicted molar refractivity (Wildman–Crippen MR) is 89.2 cm³/mol. The van der Waals surface area contributed by atoms with Crippen LogP contribution in [0.25, 0.3) is 0 Å². The zero-order valence-corrected chi connectivity index (χ0v) is 13.9. The van der Waals surface area contributed by atoms with Crippen LogP contribution in [0.15, 0.2) is 24.3 Å². The van der Waals surface area contributed by atoms with Gasteiger partial charge in [0, 0.05) is 19.1 Å². The lowest BCUT2D eigenvalue weighted by Gasteiger charge is -2.28. The molecule has 114 valence electrons. The van der Waals surface area contributed by atoms with Crippen LogP contribution in [0.2, 0.25) is 0 Å². The van der Waals surface area contributed by atoms with Crippen molar-refractivity contribution in [3.63, 3.8) is 0 Å². The Hall–Kier alpha value is -0.860. The van der Waals surface area contributed by atoms with Gasteiger partial charge in [-0.25, -0.2) is 0 Å². The fourth-order valence-electron chi connectivity index (χ4n) is 2.63. The molecule has 0 amide bonds. The number of benzene rings is 1. The van der Waals surface area contributed by atoms with Crippen LogP contribution in [-0.4, -0.2) is 31.1 Å². The van der Waals surface area contributed by atoms with Gasteiger partial charge in [0.2, 0.25) is 0 Å². The monoisotopic (exact) mass is 276 g/mol. The van der Waals surface area contributed by atoms with E-state index in [9.17, 15) is 0 Å². The van der Waals surface area contributed by atoms with E-state index in [2.05, 4.69) is 69.1 Å². The molecular formula is C18H32N2. The fraction of sp³-hybridized carbons (Fsp3) is 0.667. The van der Waals surface area contributed by atoms with E-state index in [1.54, 1.807) is 0 Å². The molecule has 1 aromatic carbocycles. The van der Waals surface area contributed by atoms with Crippen LogP contribution in [0.5, 0.6) is 0 Å². The van der Waals surface area contributed by atoms with E-state index in [1.165, 1.54) is 17.7 Å². The Bertz CT molecular complexity index is 356. The summed E-state index contributed by atoms with van der Waals surface area (Å²) in [4.78, 5) is 2.55. The maximum absolute atomic E-state index is 3.63. The normalized spacial score (nSPS) is 13.2. The Morgan fingerprint density at radius 1 is 1.00 bits per heavy atom. The van der Waals surface area contributed by atoms with Crippen molar-refractivity contribution in [2.75, 3.05) is 26.2 Å². The van der Waals surface area contributed by atoms with Crippen LogP contribution in [0.3, 0.4) is 0 Å². The highest BCUT2D eigenvalue weighted by molar-refractivity contribution is 5.25. The Labute approximate surface area is 125 Å². The van der Waals surface area contributed by atoms with Crippen LogP contribution in [0.1, 0.15) is 51.8 Å². The Morgan fingerprint density at radius 2 is 1.65 bits per heavy atom. The minimum absolute atomic E-state index is 0.435. The van der Waals surface area contributed by atoms with E-state index < -0.39 is 0 Å². The van der Waals surface area contributed by atoms with Crippen molar-refractivity contribution in [1.82, 2.24) is 10.2 Å². The lowest BCUT2D eigenvalue weighted by molar-refractivity contribution is 0.229. The number of hydrogen-bond acceptors (Lipinski definition) is 2. The van der Waals surface area contributed by atoms with Gasteiger partial charge in [0.1, 0.15) is 0 Å². The SMILES string of the molecule is CCNC(CN(CC)CC(C)C)c1ccc(CC)cc1. The van der Waals surface area contributed by atoms with Gasteiger partial charge in [-0.05, 0) is 36.6 Å². The summed E-state index contributed by atoms with van der Waals surface area (Å²) in [6, 6.07) is 9.53. The molecule has 1 N–H and O–H groups in total. The molecule has 0 heterocycles. The van der Waals surface area contributed by atoms with Crippen molar-refractivity contribution in [1.29, 1.82) is 0 Å². The number of aryl methyl sites for hydroxylation is 1. The summed E-state index contributed by atoms with van der Waals surface area (Å²) in [5.41, 5.74) is 2.82. The van der Waals surface area contributed by atoms with Crippen molar-refractivity contribution in [3.8, 4) is 0 Å². The Balaban J connectivity index is 2.75. The summed E-state index contributed by atoms with van der Waals surface area (Å²) >= 11 is 0. The third kappa shape index (κ3) is 5.64. The third-order valence-corrected chi connectivity index (χ3v) is 3.75. The number of likely N-dealkylation sites (N-methyl/N-ethyl adjacent to an activating group) is 2. The highest BCUT2D eigenvalue weighted by Crippen LogP contribution is 2.16. The molecule has 0 spiro atoms. The minimum Gasteiger partial charge on any atom is -0.309 e. The topological polar surface area (TPSA) is 15.3 Å². The van der Waals surface area contributed by atoms with Gasteiger partial charge in [-0.3, -0.25) is 0 Å². The second-order valence-corrected chi connectivity index (χ2v) is 5.95. The maximum Gasteiger partial charge on any atom is 0.0449 e. The number of nitrogens with zero attached hydrogens (tertiary/aromatic N) is 1. The predicted octanol–water partition coefficient (Wildman–Crippen LogP) is 3.88. The van der Waals surface area contributed by atoms with Crippen LogP contribution >= 0.6 is 0 Å². The maximum atomic E-state index is 3.63. The van der Waals surface area contributed by atoms with Gasteiger partial charge in [-0.2, -0.15) is 0 Å². The third-order valence-electron chi connectivity index (χ3n) is 3.75. The van der Waals surface area contributed by atoms with Crippen LogP contribution < -0.4 is 5.32 Å². The first-order valence-electron chi connectivity index (χ1n) is 8.15. The van der Waals surface area contributed by atoms with Gasteiger partial charge in [-0.15, -0.1) is 0 Å². The van der Waals surface area contributed by atoms with E-state index in [1.807, 2.05) is 0 Å². The van der Waals surface area contributed by atoms with Crippen LogP contribution in [0.4, 0.5) is 0 Å². The lowest BCUT2D eigenvalue weighted by atomic mass is 10.0. The first kappa shape index (κ1) is 17.2. The fourth-order valence-corrected chi connectivity index (χ4v) is 2.63. The number of rotatable bonds is 9. The molecule has 1 unspecified atom stereocenters. The van der Waals surface area contributed by atoms with Crippen LogP contribution in [0, 0.1) is 5.92 Å². The minimum atomic E-state index is 0.435. The molecule has 20 heavy (non-hydrogen) atoms. The van der Waals surface area contributed by atoms with E-state index in [-0.39, 0.29) is 0 Å². The van der Waals surface area contributed by atoms with E-state index in [4.69, 9.17) is 0 Å². The standard InChI is InChI=1S/C18H32N2/c1-6-16-9-11-17(12-10-16)18(19-7-2)14-20(8-3)13-15(4)5/h9-12,15,18-19H,6-8,13-14H2,1-5H3. The highest BCUT2D eigenvalue weighted by Gasteiger charge is 2.15. The summed E-state index contributed by atoms with van der Waals surface area (Å²) in [5.74, 6) is 0.722. The molecule has 1 aromatic rings. The molecule has 1 atom stereocenters. The molecule has 2 heteroatoms. The Kier molecular flexibility index (Phi) is 7.86. The van der Waals surface area contributed by atoms with E-state index >= 15 is 0 Å². The second kappa shape index (κ2) is 9.15. The molecule has 0 saturated carbocycles. The molecule has 0 aliphatic rings. The molecule has 0 fully saturated rings. The van der Waals surface area contributed by atoms with Gasteiger partial charge in [0.15, 0.2) is 0 Å².